The summed E-state index contributed by atoms with van der Waals surface area (Å²) in [6.07, 6.45) is 0.822. The Labute approximate surface area is 200 Å². The number of aromatic nitrogens is 1. The molecule has 0 spiro atoms. The third-order valence-corrected chi connectivity index (χ3v) is 7.26. The summed E-state index contributed by atoms with van der Waals surface area (Å²) in [6, 6.07) is 19.1. The van der Waals surface area contributed by atoms with Crippen LogP contribution in [-0.2, 0) is 11.8 Å². The Bertz CT molecular complexity index is 1440. The largest absolute Gasteiger partial charge is 0.311 e. The van der Waals surface area contributed by atoms with Gasteiger partial charge in [0.15, 0.2) is 0 Å². The van der Waals surface area contributed by atoms with E-state index in [1.807, 2.05) is 66.9 Å². The average Bonchev–Trinajstić information content (AvgIpc) is 3.51. The molecule has 1 unspecified atom stereocenters. The van der Waals surface area contributed by atoms with Gasteiger partial charge in [0.1, 0.15) is 0 Å². The lowest BCUT2D eigenvalue weighted by Gasteiger charge is -2.19. The molecule has 5 nitrogen and oxygen atoms in total. The van der Waals surface area contributed by atoms with Crippen molar-refractivity contribution in [1.29, 1.82) is 0 Å². The Morgan fingerprint density at radius 3 is 2.61 bits per heavy atom. The number of fused-ring (bicyclic) bond motifs is 1. The number of hydrogen-bond acceptors (Lipinski definition) is 4. The van der Waals surface area contributed by atoms with E-state index < -0.39 is 0 Å². The van der Waals surface area contributed by atoms with Gasteiger partial charge in [0, 0.05) is 40.7 Å². The van der Waals surface area contributed by atoms with Gasteiger partial charge in [-0.15, -0.1) is 11.3 Å². The summed E-state index contributed by atoms with van der Waals surface area (Å²) in [5.41, 5.74) is 3.50. The van der Waals surface area contributed by atoms with Crippen LogP contribution >= 0.6 is 22.9 Å². The van der Waals surface area contributed by atoms with Crippen LogP contribution in [0.25, 0.3) is 22.0 Å². The second-order valence-electron chi connectivity index (χ2n) is 8.02. The predicted octanol–water partition coefficient (Wildman–Crippen LogP) is 6.01. The molecule has 1 atom stereocenters. The Balaban J connectivity index is 1.80. The molecule has 166 valence electrons. The van der Waals surface area contributed by atoms with Crippen LogP contribution in [0, 0.1) is 0 Å². The van der Waals surface area contributed by atoms with E-state index in [4.69, 9.17) is 16.7 Å². The van der Waals surface area contributed by atoms with Crippen molar-refractivity contribution in [2.45, 2.75) is 25.8 Å². The Morgan fingerprint density at radius 1 is 1.12 bits per heavy atom. The first-order valence-electron chi connectivity index (χ1n) is 10.8. The molecule has 3 heterocycles. The SMILES string of the molecule is CCC(=O)N1N=C(c2c(-c3ccccc3)c3cc(Cl)ccc3n(C)c2=O)CC1c1cccs1. The van der Waals surface area contributed by atoms with Gasteiger partial charge in [0.25, 0.3) is 5.56 Å². The van der Waals surface area contributed by atoms with E-state index in [1.165, 1.54) is 0 Å². The van der Waals surface area contributed by atoms with Gasteiger partial charge < -0.3 is 4.57 Å². The van der Waals surface area contributed by atoms with E-state index in [9.17, 15) is 9.59 Å². The van der Waals surface area contributed by atoms with Gasteiger partial charge in [-0.2, -0.15) is 5.10 Å². The third-order valence-electron chi connectivity index (χ3n) is 6.05. The minimum atomic E-state index is -0.212. The van der Waals surface area contributed by atoms with Crippen molar-refractivity contribution in [1.82, 2.24) is 9.58 Å². The number of nitrogens with zero attached hydrogens (tertiary/aromatic N) is 3. The summed E-state index contributed by atoms with van der Waals surface area (Å²) >= 11 is 7.98. The Kier molecular flexibility index (Phi) is 5.64. The number of pyridine rings is 1. The smallest absolute Gasteiger partial charge is 0.260 e. The standard InChI is InChI=1S/C26H22ClN3O2S/c1-3-23(31)30-21(22-10-7-13-33-22)15-19(28-30)25-24(16-8-5-4-6-9-16)18-14-17(27)11-12-20(18)29(2)26(25)32/h4-14,21H,3,15H2,1-2H3. The topological polar surface area (TPSA) is 54.7 Å². The van der Waals surface area contributed by atoms with Crippen LogP contribution in [0.5, 0.6) is 0 Å². The van der Waals surface area contributed by atoms with E-state index in [-0.39, 0.29) is 17.5 Å². The Morgan fingerprint density at radius 2 is 1.91 bits per heavy atom. The molecule has 0 aliphatic carbocycles. The highest BCUT2D eigenvalue weighted by atomic mass is 35.5. The molecule has 0 bridgehead atoms. The molecule has 1 amide bonds. The highest BCUT2D eigenvalue weighted by Gasteiger charge is 2.35. The van der Waals surface area contributed by atoms with Crippen LogP contribution in [0.15, 0.2) is 75.9 Å². The van der Waals surface area contributed by atoms with E-state index in [2.05, 4.69) is 0 Å². The normalized spacial score (nSPS) is 15.8. The van der Waals surface area contributed by atoms with Crippen molar-refractivity contribution in [3.63, 3.8) is 0 Å². The molecule has 0 radical (unpaired) electrons. The zero-order chi connectivity index (χ0) is 23.1. The molecule has 5 rings (SSSR count). The summed E-state index contributed by atoms with van der Waals surface area (Å²) < 4.78 is 1.64. The summed E-state index contributed by atoms with van der Waals surface area (Å²) in [4.78, 5) is 27.6. The second kappa shape index (κ2) is 8.61. The first-order chi connectivity index (χ1) is 16.0. The predicted molar refractivity (Wildman–Crippen MR) is 135 cm³/mol. The number of thiophene rings is 1. The second-order valence-corrected chi connectivity index (χ2v) is 9.43. The van der Waals surface area contributed by atoms with Gasteiger partial charge >= 0.3 is 0 Å². The minimum Gasteiger partial charge on any atom is -0.311 e. The van der Waals surface area contributed by atoms with Crippen molar-refractivity contribution >= 4 is 45.5 Å². The molecular weight excluding hydrogens is 454 g/mol. The van der Waals surface area contributed by atoms with Gasteiger partial charge in [0.05, 0.1) is 22.8 Å². The van der Waals surface area contributed by atoms with Crippen molar-refractivity contribution in [2.75, 3.05) is 0 Å². The first kappa shape index (κ1) is 21.6. The number of carbonyl (C=O) groups is 1. The maximum absolute atomic E-state index is 13.7. The maximum atomic E-state index is 13.7. The summed E-state index contributed by atoms with van der Waals surface area (Å²) in [7, 11) is 1.76. The van der Waals surface area contributed by atoms with Gasteiger partial charge in [-0.3, -0.25) is 9.59 Å². The first-order valence-corrected chi connectivity index (χ1v) is 12.1. The van der Waals surface area contributed by atoms with Gasteiger partial charge in [0.2, 0.25) is 5.91 Å². The number of rotatable bonds is 4. The highest BCUT2D eigenvalue weighted by molar-refractivity contribution is 7.10. The van der Waals surface area contributed by atoms with Gasteiger partial charge in [-0.25, -0.2) is 5.01 Å². The lowest BCUT2D eigenvalue weighted by Crippen LogP contribution is -2.26. The van der Waals surface area contributed by atoms with E-state index in [0.29, 0.717) is 29.1 Å². The van der Waals surface area contributed by atoms with Crippen molar-refractivity contribution in [2.24, 2.45) is 12.1 Å². The molecular formula is C26H22ClN3O2S. The van der Waals surface area contributed by atoms with Crippen LogP contribution in [-0.4, -0.2) is 21.2 Å². The van der Waals surface area contributed by atoms with E-state index in [1.54, 1.807) is 34.0 Å². The molecule has 1 aliphatic heterocycles. The molecule has 7 heteroatoms. The fourth-order valence-electron chi connectivity index (χ4n) is 4.45. The molecule has 2 aromatic heterocycles. The molecule has 0 saturated heterocycles. The zero-order valence-electron chi connectivity index (χ0n) is 18.3. The molecule has 0 fully saturated rings. The zero-order valence-corrected chi connectivity index (χ0v) is 19.9. The number of hydrazone groups is 1. The average molecular weight is 476 g/mol. The monoisotopic (exact) mass is 475 g/mol. The number of aryl methyl sites for hydroxylation is 1. The summed E-state index contributed by atoms with van der Waals surface area (Å²) in [5, 5.41) is 9.76. The lowest BCUT2D eigenvalue weighted by atomic mass is 9.91. The number of halogens is 1. The van der Waals surface area contributed by atoms with E-state index >= 15 is 0 Å². The van der Waals surface area contributed by atoms with Crippen LogP contribution in [0.3, 0.4) is 0 Å². The maximum Gasteiger partial charge on any atom is 0.260 e. The van der Waals surface area contributed by atoms with Crippen LogP contribution in [0.1, 0.15) is 36.2 Å². The van der Waals surface area contributed by atoms with Gasteiger partial charge in [-0.1, -0.05) is 54.9 Å². The molecule has 4 aromatic rings. The molecule has 2 aromatic carbocycles. The van der Waals surface area contributed by atoms with Crippen molar-refractivity contribution < 1.29 is 4.79 Å². The van der Waals surface area contributed by atoms with Crippen molar-refractivity contribution in [3.8, 4) is 11.1 Å². The van der Waals surface area contributed by atoms with Crippen LogP contribution in [0.2, 0.25) is 5.02 Å². The molecule has 33 heavy (non-hydrogen) atoms. The Hall–Kier alpha value is -3.22. The van der Waals surface area contributed by atoms with Gasteiger partial charge in [-0.05, 0) is 35.2 Å². The minimum absolute atomic E-state index is 0.0645. The van der Waals surface area contributed by atoms with Crippen LogP contribution in [0.4, 0.5) is 0 Å². The van der Waals surface area contributed by atoms with E-state index in [0.717, 1.165) is 26.9 Å². The lowest BCUT2D eigenvalue weighted by molar-refractivity contribution is -0.132. The number of benzene rings is 2. The van der Waals surface area contributed by atoms with Crippen LogP contribution < -0.4 is 5.56 Å². The highest BCUT2D eigenvalue weighted by Crippen LogP contribution is 2.39. The van der Waals surface area contributed by atoms with Crippen molar-refractivity contribution in [3.05, 3.63) is 91.9 Å². The third kappa shape index (κ3) is 3.69. The fraction of sp³-hybridized carbons (Fsp3) is 0.192. The fourth-order valence-corrected chi connectivity index (χ4v) is 5.43. The number of amides is 1. The number of carbonyl (C=O) groups excluding carboxylic acids is 1. The quantitative estimate of drug-likeness (QED) is 0.363. The summed E-state index contributed by atoms with van der Waals surface area (Å²) in [5.74, 6) is -0.0645. The molecule has 1 aliphatic rings. The number of hydrogen-bond donors (Lipinski definition) is 0. The molecule has 0 N–H and O–H groups in total. The summed E-state index contributed by atoms with van der Waals surface area (Å²) in [6.45, 7) is 1.83. The molecule has 0 saturated carbocycles.